The average Bonchev–Trinajstić information content (AvgIpc) is 2.73. The van der Waals surface area contributed by atoms with E-state index >= 15 is 0 Å². The normalized spacial score (nSPS) is 20.8. The van der Waals surface area contributed by atoms with Crippen molar-refractivity contribution in [2.24, 2.45) is 5.92 Å². The minimum absolute atomic E-state index is 0.0907. The largest absolute Gasteiger partial charge is 0.416 e. The Morgan fingerprint density at radius 1 is 1.03 bits per heavy atom. The van der Waals surface area contributed by atoms with Gasteiger partial charge >= 0.3 is 6.18 Å². The van der Waals surface area contributed by atoms with Crippen LogP contribution in [0.4, 0.5) is 13.2 Å². The number of hydrogen-bond acceptors (Lipinski definition) is 4. The molecule has 9 heteroatoms. The molecule has 30 heavy (non-hydrogen) atoms. The highest BCUT2D eigenvalue weighted by atomic mass is 32.2. The van der Waals surface area contributed by atoms with Crippen molar-refractivity contribution < 1.29 is 21.6 Å². The van der Waals surface area contributed by atoms with Gasteiger partial charge in [-0.15, -0.1) is 0 Å². The van der Waals surface area contributed by atoms with Gasteiger partial charge in [0.15, 0.2) is 0 Å². The lowest BCUT2D eigenvalue weighted by atomic mass is 9.87. The molecule has 2 rings (SSSR count). The van der Waals surface area contributed by atoms with Gasteiger partial charge in [0.2, 0.25) is 10.0 Å². The molecule has 1 aliphatic rings. The number of halogens is 3. The van der Waals surface area contributed by atoms with Crippen molar-refractivity contribution in [2.75, 3.05) is 38.2 Å². The summed E-state index contributed by atoms with van der Waals surface area (Å²) in [5, 5.41) is 0. The first-order valence-electron chi connectivity index (χ1n) is 10.5. The van der Waals surface area contributed by atoms with E-state index in [9.17, 15) is 21.6 Å². The zero-order valence-corrected chi connectivity index (χ0v) is 19.6. The SMILES string of the molecule is CCN(CC)CCSCC1CCC(N(C)S(=O)(=O)c2ccc(C(F)(F)F)cc2)CC1. The molecule has 0 amide bonds. The summed E-state index contributed by atoms with van der Waals surface area (Å²) >= 11 is 1.97. The minimum Gasteiger partial charge on any atom is -0.303 e. The van der Waals surface area contributed by atoms with Gasteiger partial charge in [0.05, 0.1) is 10.5 Å². The Morgan fingerprint density at radius 3 is 2.10 bits per heavy atom. The van der Waals surface area contributed by atoms with Crippen molar-refractivity contribution in [3.8, 4) is 0 Å². The summed E-state index contributed by atoms with van der Waals surface area (Å²) in [6.45, 7) is 7.58. The first kappa shape index (κ1) is 25.5. The Morgan fingerprint density at radius 2 is 1.60 bits per heavy atom. The molecule has 1 aliphatic carbocycles. The van der Waals surface area contributed by atoms with Crippen LogP contribution in [0.2, 0.25) is 0 Å². The van der Waals surface area contributed by atoms with Crippen LogP contribution in [0, 0.1) is 5.92 Å². The monoisotopic (exact) mass is 466 g/mol. The number of alkyl halides is 3. The van der Waals surface area contributed by atoms with Crippen LogP contribution in [-0.2, 0) is 16.2 Å². The summed E-state index contributed by atoms with van der Waals surface area (Å²) in [5.41, 5.74) is -0.844. The molecule has 4 nitrogen and oxygen atoms in total. The highest BCUT2D eigenvalue weighted by Crippen LogP contribution is 2.33. The van der Waals surface area contributed by atoms with Crippen LogP contribution in [0.3, 0.4) is 0 Å². The number of sulfonamides is 1. The van der Waals surface area contributed by atoms with E-state index in [0.29, 0.717) is 5.92 Å². The first-order chi connectivity index (χ1) is 14.1. The zero-order valence-electron chi connectivity index (χ0n) is 18.0. The number of nitrogens with zero attached hydrogens (tertiary/aromatic N) is 2. The molecule has 0 spiro atoms. The number of benzene rings is 1. The molecule has 0 aromatic heterocycles. The highest BCUT2D eigenvalue weighted by molar-refractivity contribution is 7.99. The molecule has 0 radical (unpaired) electrons. The van der Waals surface area contributed by atoms with Gasteiger partial charge in [-0.25, -0.2) is 8.42 Å². The van der Waals surface area contributed by atoms with E-state index in [0.717, 1.165) is 81.1 Å². The van der Waals surface area contributed by atoms with E-state index in [4.69, 9.17) is 0 Å². The fourth-order valence-corrected chi connectivity index (χ4v) is 6.47. The molecule has 0 N–H and O–H groups in total. The van der Waals surface area contributed by atoms with Crippen LogP contribution >= 0.6 is 11.8 Å². The molecule has 172 valence electrons. The Bertz CT molecular complexity index is 743. The Hall–Kier alpha value is -0.770. The van der Waals surface area contributed by atoms with Gasteiger partial charge in [-0.05, 0) is 74.7 Å². The molecule has 1 fully saturated rings. The van der Waals surface area contributed by atoms with Crippen LogP contribution in [0.25, 0.3) is 0 Å². The third-order valence-electron chi connectivity index (χ3n) is 5.99. The summed E-state index contributed by atoms with van der Waals surface area (Å²) in [5.74, 6) is 2.82. The van der Waals surface area contributed by atoms with Crippen molar-refractivity contribution in [3.05, 3.63) is 29.8 Å². The quantitative estimate of drug-likeness (QED) is 0.457. The summed E-state index contributed by atoms with van der Waals surface area (Å²) in [6, 6.07) is 3.65. The van der Waals surface area contributed by atoms with Crippen molar-refractivity contribution in [2.45, 2.75) is 56.6 Å². The van der Waals surface area contributed by atoms with Crippen molar-refractivity contribution >= 4 is 21.8 Å². The average molecular weight is 467 g/mol. The second-order valence-corrected chi connectivity index (χ2v) is 11.0. The predicted octanol–water partition coefficient (Wildman–Crippen LogP) is 4.96. The number of thioether (sulfide) groups is 1. The van der Waals surface area contributed by atoms with E-state index in [1.54, 1.807) is 0 Å². The fraction of sp³-hybridized carbons (Fsp3) is 0.714. The van der Waals surface area contributed by atoms with Gasteiger partial charge in [-0.1, -0.05) is 13.8 Å². The summed E-state index contributed by atoms with van der Waals surface area (Å²) < 4.78 is 65.2. The standard InChI is InChI=1S/C21H33F3N2O2S2/c1-4-26(5-2)14-15-29-16-17-6-10-19(11-7-17)25(3)30(27,28)20-12-8-18(9-13-20)21(22,23)24/h8-9,12-13,17,19H,4-7,10-11,14-16H2,1-3H3. The first-order valence-corrected chi connectivity index (χ1v) is 13.1. The van der Waals surface area contributed by atoms with E-state index in [1.807, 2.05) is 11.8 Å². The molecule has 1 aromatic rings. The van der Waals surface area contributed by atoms with Gasteiger partial charge in [-0.3, -0.25) is 0 Å². The van der Waals surface area contributed by atoms with Gasteiger partial charge in [0.25, 0.3) is 0 Å². The lowest BCUT2D eigenvalue weighted by molar-refractivity contribution is -0.137. The molecule has 0 atom stereocenters. The van der Waals surface area contributed by atoms with Gasteiger partial charge in [-0.2, -0.15) is 29.2 Å². The minimum atomic E-state index is -4.48. The summed E-state index contributed by atoms with van der Waals surface area (Å²) in [6.07, 6.45) is -0.934. The summed E-state index contributed by atoms with van der Waals surface area (Å²) in [7, 11) is -2.26. The van der Waals surface area contributed by atoms with Crippen molar-refractivity contribution in [1.29, 1.82) is 0 Å². The Labute approximate surface area is 183 Å². The second kappa shape index (κ2) is 11.2. The van der Waals surface area contributed by atoms with Crippen LogP contribution in [0.1, 0.15) is 45.1 Å². The molecule has 0 aliphatic heterocycles. The van der Waals surface area contributed by atoms with Crippen molar-refractivity contribution in [3.63, 3.8) is 0 Å². The fourth-order valence-electron chi connectivity index (χ4n) is 3.84. The van der Waals surface area contributed by atoms with E-state index in [2.05, 4.69) is 18.7 Å². The molecular weight excluding hydrogens is 433 g/mol. The van der Waals surface area contributed by atoms with E-state index in [-0.39, 0.29) is 10.9 Å². The second-order valence-electron chi connectivity index (χ2n) is 7.82. The molecule has 1 saturated carbocycles. The Balaban J connectivity index is 1.84. The van der Waals surface area contributed by atoms with Gasteiger partial charge < -0.3 is 4.90 Å². The molecule has 1 aromatic carbocycles. The lowest BCUT2D eigenvalue weighted by Gasteiger charge is -2.34. The van der Waals surface area contributed by atoms with Gasteiger partial charge in [0.1, 0.15) is 0 Å². The van der Waals surface area contributed by atoms with Crippen molar-refractivity contribution in [1.82, 2.24) is 9.21 Å². The maximum absolute atomic E-state index is 12.8. The Kier molecular flexibility index (Phi) is 9.52. The molecule has 0 bridgehead atoms. The predicted molar refractivity (Wildman–Crippen MR) is 117 cm³/mol. The van der Waals surface area contributed by atoms with Crippen LogP contribution in [-0.4, -0.2) is 61.9 Å². The number of hydrogen-bond donors (Lipinski definition) is 0. The summed E-state index contributed by atoms with van der Waals surface area (Å²) in [4.78, 5) is 2.32. The van der Waals surface area contributed by atoms with Gasteiger partial charge in [0, 0.05) is 25.4 Å². The topological polar surface area (TPSA) is 40.6 Å². The molecule has 0 unspecified atom stereocenters. The number of rotatable bonds is 10. The van der Waals surface area contributed by atoms with E-state index in [1.165, 1.54) is 11.4 Å². The van der Waals surface area contributed by atoms with E-state index < -0.39 is 21.8 Å². The van der Waals surface area contributed by atoms with Crippen LogP contribution in [0.5, 0.6) is 0 Å². The smallest absolute Gasteiger partial charge is 0.303 e. The molecule has 0 saturated heterocycles. The lowest BCUT2D eigenvalue weighted by Crippen LogP contribution is -2.39. The molecular formula is C21H33F3N2O2S2. The highest BCUT2D eigenvalue weighted by Gasteiger charge is 2.33. The third kappa shape index (κ3) is 6.87. The third-order valence-corrected chi connectivity index (χ3v) is 9.09. The maximum Gasteiger partial charge on any atom is 0.416 e. The van der Waals surface area contributed by atoms with Crippen LogP contribution in [0.15, 0.2) is 29.2 Å². The van der Waals surface area contributed by atoms with Crippen LogP contribution < -0.4 is 0 Å². The zero-order chi connectivity index (χ0) is 22.4. The molecule has 0 heterocycles. The maximum atomic E-state index is 12.8.